The number of benzene rings is 1. The van der Waals surface area contributed by atoms with E-state index in [2.05, 4.69) is 10.6 Å². The Morgan fingerprint density at radius 1 is 1.30 bits per heavy atom. The van der Waals surface area contributed by atoms with Gasteiger partial charge in [-0.3, -0.25) is 4.79 Å². The maximum Gasteiger partial charge on any atom is 0.315 e. The predicted octanol–water partition coefficient (Wildman–Crippen LogP) is 2.45. The quantitative estimate of drug-likeness (QED) is 0.610. The minimum atomic E-state index is -0.857. The van der Waals surface area contributed by atoms with E-state index in [9.17, 15) is 9.59 Å². The smallest absolute Gasteiger partial charge is 0.315 e. The fourth-order valence-corrected chi connectivity index (χ4v) is 2.11. The molecule has 1 aromatic rings. The van der Waals surface area contributed by atoms with Crippen molar-refractivity contribution in [2.75, 3.05) is 13.2 Å². The number of ether oxygens (including phenoxy) is 1. The van der Waals surface area contributed by atoms with Crippen molar-refractivity contribution in [2.24, 2.45) is 5.92 Å². The van der Waals surface area contributed by atoms with Gasteiger partial charge in [-0.2, -0.15) is 0 Å². The maximum atomic E-state index is 11.7. The van der Waals surface area contributed by atoms with E-state index in [-0.39, 0.29) is 12.5 Å². The molecule has 3 N–H and O–H groups in total. The van der Waals surface area contributed by atoms with Crippen molar-refractivity contribution in [3.8, 4) is 5.75 Å². The number of amides is 2. The number of aliphatic carboxylic acids is 1. The Hall–Kier alpha value is -2.24. The van der Waals surface area contributed by atoms with Gasteiger partial charge in [0.2, 0.25) is 0 Å². The van der Waals surface area contributed by atoms with Crippen LogP contribution in [0.2, 0.25) is 0 Å². The lowest BCUT2D eigenvalue weighted by Gasteiger charge is -2.13. The number of hydrogen-bond donors (Lipinski definition) is 3. The van der Waals surface area contributed by atoms with Crippen molar-refractivity contribution >= 4 is 12.0 Å². The molecule has 0 unspecified atom stereocenters. The molecule has 126 valence electrons. The number of rotatable bonds is 9. The third-order valence-corrected chi connectivity index (χ3v) is 3.69. The molecule has 6 nitrogen and oxygen atoms in total. The number of hydrogen-bond acceptors (Lipinski definition) is 3. The second-order valence-corrected chi connectivity index (χ2v) is 5.97. The third kappa shape index (κ3) is 6.59. The molecular weight excluding hydrogens is 296 g/mol. The second-order valence-electron chi connectivity index (χ2n) is 5.97. The minimum Gasteiger partial charge on any atom is -0.493 e. The molecule has 2 amide bonds. The summed E-state index contributed by atoms with van der Waals surface area (Å²) in [5.41, 5.74) is 2.06. The van der Waals surface area contributed by atoms with Crippen molar-refractivity contribution in [1.82, 2.24) is 10.6 Å². The number of carbonyl (C=O) groups excluding carboxylic acids is 1. The lowest BCUT2D eigenvalue weighted by Crippen LogP contribution is -2.35. The molecule has 0 radical (unpaired) electrons. The number of carboxylic acid groups (broad SMARTS) is 1. The zero-order valence-corrected chi connectivity index (χ0v) is 13.4. The average molecular weight is 320 g/mol. The number of carboxylic acids is 1. The van der Waals surface area contributed by atoms with Crippen LogP contribution in [0.5, 0.6) is 5.75 Å². The predicted molar refractivity (Wildman–Crippen MR) is 86.5 cm³/mol. The van der Waals surface area contributed by atoms with Gasteiger partial charge in [-0.05, 0) is 43.7 Å². The summed E-state index contributed by atoms with van der Waals surface area (Å²) in [6, 6.07) is 5.64. The summed E-state index contributed by atoms with van der Waals surface area (Å²) in [5.74, 6) is 0.640. The topological polar surface area (TPSA) is 87.7 Å². The minimum absolute atomic E-state index is 0.0530. The van der Waals surface area contributed by atoms with Gasteiger partial charge >= 0.3 is 12.0 Å². The largest absolute Gasteiger partial charge is 0.493 e. The van der Waals surface area contributed by atoms with Gasteiger partial charge in [0.1, 0.15) is 5.75 Å². The van der Waals surface area contributed by atoms with Crippen molar-refractivity contribution in [2.45, 2.75) is 39.2 Å². The van der Waals surface area contributed by atoms with Crippen LogP contribution in [0, 0.1) is 12.8 Å². The van der Waals surface area contributed by atoms with Crippen molar-refractivity contribution in [3.63, 3.8) is 0 Å². The van der Waals surface area contributed by atoms with E-state index in [0.29, 0.717) is 25.4 Å². The molecule has 0 bridgehead atoms. The summed E-state index contributed by atoms with van der Waals surface area (Å²) in [6.45, 7) is 3.47. The molecule has 1 aliphatic rings. The van der Waals surface area contributed by atoms with Crippen LogP contribution in [0.15, 0.2) is 18.2 Å². The first-order valence-corrected chi connectivity index (χ1v) is 8.00. The van der Waals surface area contributed by atoms with E-state index in [1.54, 1.807) is 0 Å². The molecule has 2 rings (SSSR count). The molecular formula is C17H24N2O4. The molecule has 0 aromatic heterocycles. The van der Waals surface area contributed by atoms with Gasteiger partial charge in [-0.1, -0.05) is 12.1 Å². The fraction of sp³-hybridized carbons (Fsp3) is 0.529. The van der Waals surface area contributed by atoms with Gasteiger partial charge < -0.3 is 20.5 Å². The zero-order chi connectivity index (χ0) is 16.7. The summed E-state index contributed by atoms with van der Waals surface area (Å²) < 4.78 is 5.86. The van der Waals surface area contributed by atoms with E-state index in [1.807, 2.05) is 25.1 Å². The Bertz CT molecular complexity index is 556. The summed E-state index contributed by atoms with van der Waals surface area (Å²) in [7, 11) is 0. The zero-order valence-electron chi connectivity index (χ0n) is 13.4. The Kier molecular flexibility index (Phi) is 6.26. The number of nitrogens with one attached hydrogen (secondary N) is 2. The van der Waals surface area contributed by atoms with Crippen LogP contribution < -0.4 is 15.4 Å². The van der Waals surface area contributed by atoms with Gasteiger partial charge in [0, 0.05) is 25.1 Å². The van der Waals surface area contributed by atoms with E-state index in [4.69, 9.17) is 9.84 Å². The first-order valence-electron chi connectivity index (χ1n) is 8.00. The van der Waals surface area contributed by atoms with Crippen molar-refractivity contribution < 1.29 is 19.4 Å². The molecule has 0 saturated heterocycles. The van der Waals surface area contributed by atoms with Crippen LogP contribution in [0.25, 0.3) is 0 Å². The van der Waals surface area contributed by atoms with Gasteiger partial charge in [0.05, 0.1) is 6.61 Å². The molecule has 1 aromatic carbocycles. The van der Waals surface area contributed by atoms with Gasteiger partial charge in [0.15, 0.2) is 0 Å². The summed E-state index contributed by atoms with van der Waals surface area (Å²) in [5, 5.41) is 14.0. The molecule has 23 heavy (non-hydrogen) atoms. The van der Waals surface area contributed by atoms with Crippen LogP contribution in [-0.2, 0) is 11.3 Å². The number of carbonyl (C=O) groups is 2. The van der Waals surface area contributed by atoms with E-state index >= 15 is 0 Å². The highest BCUT2D eigenvalue weighted by atomic mass is 16.5. The molecule has 1 saturated carbocycles. The highest BCUT2D eigenvalue weighted by molar-refractivity contribution is 5.74. The lowest BCUT2D eigenvalue weighted by atomic mass is 10.1. The first kappa shape index (κ1) is 17.1. The molecule has 0 heterocycles. The monoisotopic (exact) mass is 320 g/mol. The standard InChI is InChI=1S/C17H24N2O4/c1-12-4-7-14(15(9-12)23-11-13-5-6-13)10-19-17(22)18-8-2-3-16(20)21/h4,7,9,13H,2-3,5-6,8,10-11H2,1H3,(H,20,21)(H2,18,19,22). The highest BCUT2D eigenvalue weighted by Gasteiger charge is 2.22. The fourth-order valence-electron chi connectivity index (χ4n) is 2.11. The van der Waals surface area contributed by atoms with E-state index in [1.165, 1.54) is 12.8 Å². The van der Waals surface area contributed by atoms with Crippen LogP contribution in [0.3, 0.4) is 0 Å². The molecule has 6 heteroatoms. The normalized spacial score (nSPS) is 13.4. The summed E-state index contributed by atoms with van der Waals surface area (Å²) >= 11 is 0. The number of aryl methyl sites for hydroxylation is 1. The Morgan fingerprint density at radius 3 is 2.78 bits per heavy atom. The molecule has 0 spiro atoms. The van der Waals surface area contributed by atoms with Gasteiger partial charge in [0.25, 0.3) is 0 Å². The molecule has 0 atom stereocenters. The molecule has 1 fully saturated rings. The van der Waals surface area contributed by atoms with Crippen LogP contribution >= 0.6 is 0 Å². The average Bonchev–Trinajstić information content (AvgIpc) is 3.32. The summed E-state index contributed by atoms with van der Waals surface area (Å²) in [6.07, 6.45) is 2.94. The van der Waals surface area contributed by atoms with Gasteiger partial charge in [-0.25, -0.2) is 4.79 Å². The van der Waals surface area contributed by atoms with E-state index in [0.717, 1.165) is 23.5 Å². The SMILES string of the molecule is Cc1ccc(CNC(=O)NCCCC(=O)O)c(OCC2CC2)c1. The van der Waals surface area contributed by atoms with E-state index < -0.39 is 5.97 Å². The van der Waals surface area contributed by atoms with Crippen molar-refractivity contribution in [1.29, 1.82) is 0 Å². The third-order valence-electron chi connectivity index (χ3n) is 3.69. The van der Waals surface area contributed by atoms with Crippen LogP contribution in [0.1, 0.15) is 36.8 Å². The number of urea groups is 1. The highest BCUT2D eigenvalue weighted by Crippen LogP contribution is 2.30. The van der Waals surface area contributed by atoms with Crippen LogP contribution in [-0.4, -0.2) is 30.3 Å². The lowest BCUT2D eigenvalue weighted by molar-refractivity contribution is -0.137. The maximum absolute atomic E-state index is 11.7. The Labute approximate surface area is 136 Å². The summed E-state index contributed by atoms with van der Waals surface area (Å²) in [4.78, 5) is 22.1. The Morgan fingerprint density at radius 2 is 2.09 bits per heavy atom. The van der Waals surface area contributed by atoms with Crippen molar-refractivity contribution in [3.05, 3.63) is 29.3 Å². The molecule has 1 aliphatic carbocycles. The molecule has 0 aliphatic heterocycles. The first-order chi connectivity index (χ1) is 11.0. The van der Waals surface area contributed by atoms with Gasteiger partial charge in [-0.15, -0.1) is 0 Å². The Balaban J connectivity index is 1.77. The second kappa shape index (κ2) is 8.41. The van der Waals surface area contributed by atoms with Crippen LogP contribution in [0.4, 0.5) is 4.79 Å².